The Balaban J connectivity index is 1.99. The molecule has 0 spiro atoms. The van der Waals surface area contributed by atoms with E-state index < -0.39 is 17.5 Å². The van der Waals surface area contributed by atoms with Crippen LogP contribution in [0.4, 0.5) is 5.69 Å². The third-order valence-electron chi connectivity index (χ3n) is 3.93. The van der Waals surface area contributed by atoms with Gasteiger partial charge < -0.3 is 9.64 Å². The number of esters is 1. The molecule has 1 saturated heterocycles. The van der Waals surface area contributed by atoms with Crippen LogP contribution >= 0.6 is 11.6 Å². The Morgan fingerprint density at radius 1 is 1.33 bits per heavy atom. The molecule has 1 aromatic carbocycles. The van der Waals surface area contributed by atoms with Crippen molar-refractivity contribution < 1.29 is 19.2 Å². The number of nitrogens with zero attached hydrogens (tertiary/aromatic N) is 2. The molecule has 0 saturated carbocycles. The number of piperidine rings is 1. The van der Waals surface area contributed by atoms with Gasteiger partial charge in [0.25, 0.3) is 11.6 Å². The van der Waals surface area contributed by atoms with E-state index in [2.05, 4.69) is 13.8 Å². The van der Waals surface area contributed by atoms with E-state index in [0.29, 0.717) is 24.9 Å². The van der Waals surface area contributed by atoms with E-state index in [1.165, 1.54) is 12.1 Å². The van der Waals surface area contributed by atoms with Gasteiger partial charge in [0.2, 0.25) is 0 Å². The molecule has 0 unspecified atom stereocenters. The smallest absolute Gasteiger partial charge is 0.340 e. The Hall–Kier alpha value is -2.15. The van der Waals surface area contributed by atoms with E-state index >= 15 is 0 Å². The summed E-state index contributed by atoms with van der Waals surface area (Å²) in [4.78, 5) is 36.1. The maximum atomic E-state index is 12.2. The van der Waals surface area contributed by atoms with Gasteiger partial charge in [-0.3, -0.25) is 14.9 Å². The molecule has 0 radical (unpaired) electrons. The summed E-state index contributed by atoms with van der Waals surface area (Å²) in [6, 6.07) is 3.49. The molecule has 1 heterocycles. The summed E-state index contributed by atoms with van der Waals surface area (Å²) in [6.45, 7) is 5.02. The topological polar surface area (TPSA) is 89.8 Å². The van der Waals surface area contributed by atoms with Crippen LogP contribution in [0.1, 0.15) is 30.6 Å². The average molecular weight is 355 g/mol. The summed E-state index contributed by atoms with van der Waals surface area (Å²) >= 11 is 5.88. The number of likely N-dealkylation sites (tertiary alicyclic amines) is 1. The second-order valence-corrected chi connectivity index (χ2v) is 6.65. The minimum atomic E-state index is -0.852. The standard InChI is InChI=1S/C16H19ClN2O5/c1-10-5-11(2)8-18(7-10)15(20)9-24-16(21)13-6-12(19(22)23)3-4-14(13)17/h3-4,6,10-11H,5,7-9H2,1-2H3/t10-,11-/m1/s1. The number of carbonyl (C=O) groups is 2. The maximum Gasteiger partial charge on any atom is 0.340 e. The third-order valence-corrected chi connectivity index (χ3v) is 4.26. The van der Waals surface area contributed by atoms with Crippen molar-refractivity contribution in [2.75, 3.05) is 19.7 Å². The van der Waals surface area contributed by atoms with Gasteiger partial charge in [0.1, 0.15) is 0 Å². The predicted molar refractivity (Wildman–Crippen MR) is 87.9 cm³/mol. The van der Waals surface area contributed by atoms with Crippen molar-refractivity contribution in [1.82, 2.24) is 4.90 Å². The molecule has 130 valence electrons. The first-order chi connectivity index (χ1) is 11.3. The fraction of sp³-hybridized carbons (Fsp3) is 0.500. The Kier molecular flexibility index (Phi) is 5.77. The van der Waals surface area contributed by atoms with Gasteiger partial charge in [-0.1, -0.05) is 25.4 Å². The number of rotatable bonds is 4. The van der Waals surface area contributed by atoms with Crippen LogP contribution in [-0.2, 0) is 9.53 Å². The van der Waals surface area contributed by atoms with Gasteiger partial charge in [-0.15, -0.1) is 0 Å². The number of hydrogen-bond donors (Lipinski definition) is 0. The van der Waals surface area contributed by atoms with Crippen LogP contribution in [0.25, 0.3) is 0 Å². The highest BCUT2D eigenvalue weighted by molar-refractivity contribution is 6.33. The number of carbonyl (C=O) groups excluding carboxylic acids is 2. The lowest BCUT2D eigenvalue weighted by Gasteiger charge is -2.34. The number of ether oxygens (including phenoxy) is 1. The molecule has 1 aromatic rings. The SMILES string of the molecule is C[C@@H]1C[C@@H](C)CN(C(=O)COC(=O)c2cc([N+](=O)[O-])ccc2Cl)C1. The van der Waals surface area contributed by atoms with Crippen LogP contribution in [-0.4, -0.2) is 41.4 Å². The van der Waals surface area contributed by atoms with Crippen molar-refractivity contribution in [1.29, 1.82) is 0 Å². The summed E-state index contributed by atoms with van der Waals surface area (Å²) in [5, 5.41) is 10.8. The van der Waals surface area contributed by atoms with E-state index in [9.17, 15) is 19.7 Å². The third kappa shape index (κ3) is 4.44. The molecular formula is C16H19ClN2O5. The second kappa shape index (κ2) is 7.61. The summed E-state index contributed by atoms with van der Waals surface area (Å²) in [6.07, 6.45) is 1.06. The molecule has 1 fully saturated rings. The molecule has 24 heavy (non-hydrogen) atoms. The van der Waals surface area contributed by atoms with Gasteiger partial charge in [0, 0.05) is 25.2 Å². The van der Waals surface area contributed by atoms with Crippen molar-refractivity contribution in [3.8, 4) is 0 Å². The molecule has 2 atom stereocenters. The highest BCUT2D eigenvalue weighted by atomic mass is 35.5. The lowest BCUT2D eigenvalue weighted by Crippen LogP contribution is -2.44. The molecule has 7 nitrogen and oxygen atoms in total. The number of nitro benzene ring substituents is 1. The zero-order valence-corrected chi connectivity index (χ0v) is 14.3. The van der Waals surface area contributed by atoms with Gasteiger partial charge in [0.05, 0.1) is 15.5 Å². The van der Waals surface area contributed by atoms with Crippen LogP contribution < -0.4 is 0 Å². The fourth-order valence-corrected chi connectivity index (χ4v) is 3.14. The van der Waals surface area contributed by atoms with E-state index in [4.69, 9.17) is 16.3 Å². The summed E-state index contributed by atoms with van der Waals surface area (Å²) in [5.41, 5.74) is -0.393. The van der Waals surface area contributed by atoms with Crippen molar-refractivity contribution in [2.24, 2.45) is 11.8 Å². The molecule has 1 amide bonds. The fourth-order valence-electron chi connectivity index (χ4n) is 2.95. The number of amides is 1. The highest BCUT2D eigenvalue weighted by Gasteiger charge is 2.26. The number of non-ortho nitro benzene ring substituents is 1. The van der Waals surface area contributed by atoms with Crippen LogP contribution in [0.15, 0.2) is 18.2 Å². The summed E-state index contributed by atoms with van der Waals surface area (Å²) in [5.74, 6) is -0.322. The summed E-state index contributed by atoms with van der Waals surface area (Å²) < 4.78 is 4.99. The van der Waals surface area contributed by atoms with E-state index in [1.807, 2.05) is 0 Å². The Morgan fingerprint density at radius 2 is 1.96 bits per heavy atom. The maximum absolute atomic E-state index is 12.2. The van der Waals surface area contributed by atoms with E-state index in [1.54, 1.807) is 4.90 Å². The number of nitro groups is 1. The van der Waals surface area contributed by atoms with Gasteiger partial charge in [-0.25, -0.2) is 4.79 Å². The first kappa shape index (κ1) is 18.2. The minimum Gasteiger partial charge on any atom is -0.452 e. The largest absolute Gasteiger partial charge is 0.452 e. The second-order valence-electron chi connectivity index (χ2n) is 6.24. The molecule has 0 aliphatic carbocycles. The van der Waals surface area contributed by atoms with Crippen molar-refractivity contribution in [3.63, 3.8) is 0 Å². The number of halogens is 1. The zero-order valence-electron chi connectivity index (χ0n) is 13.5. The van der Waals surface area contributed by atoms with Crippen LogP contribution in [0.5, 0.6) is 0 Å². The lowest BCUT2D eigenvalue weighted by molar-refractivity contribution is -0.384. The minimum absolute atomic E-state index is 0.0401. The zero-order chi connectivity index (χ0) is 17.9. The van der Waals surface area contributed by atoms with Crippen molar-refractivity contribution in [2.45, 2.75) is 20.3 Å². The first-order valence-electron chi connectivity index (χ1n) is 7.66. The van der Waals surface area contributed by atoms with Crippen molar-refractivity contribution in [3.05, 3.63) is 38.9 Å². The highest BCUT2D eigenvalue weighted by Crippen LogP contribution is 2.23. The molecule has 8 heteroatoms. The van der Waals surface area contributed by atoms with Gasteiger partial charge in [-0.2, -0.15) is 0 Å². The molecule has 1 aliphatic heterocycles. The van der Waals surface area contributed by atoms with Gasteiger partial charge >= 0.3 is 5.97 Å². The Morgan fingerprint density at radius 3 is 2.54 bits per heavy atom. The quantitative estimate of drug-likeness (QED) is 0.471. The van der Waals surface area contributed by atoms with E-state index in [0.717, 1.165) is 12.5 Å². The van der Waals surface area contributed by atoms with Gasteiger partial charge in [0.15, 0.2) is 6.61 Å². The lowest BCUT2D eigenvalue weighted by atomic mass is 9.92. The van der Waals surface area contributed by atoms with Gasteiger partial charge in [-0.05, 0) is 24.3 Å². The first-order valence-corrected chi connectivity index (χ1v) is 8.04. The molecule has 2 rings (SSSR count). The predicted octanol–water partition coefficient (Wildman–Crippen LogP) is 2.91. The molecule has 0 aromatic heterocycles. The Labute approximate surface area is 144 Å². The van der Waals surface area contributed by atoms with E-state index in [-0.39, 0.29) is 22.2 Å². The van der Waals surface area contributed by atoms with Crippen LogP contribution in [0, 0.1) is 22.0 Å². The average Bonchev–Trinajstić information content (AvgIpc) is 2.51. The monoisotopic (exact) mass is 354 g/mol. The molecule has 1 aliphatic rings. The number of benzene rings is 1. The number of hydrogen-bond acceptors (Lipinski definition) is 5. The summed E-state index contributed by atoms with van der Waals surface area (Å²) in [7, 11) is 0. The van der Waals surface area contributed by atoms with Crippen LogP contribution in [0.2, 0.25) is 5.02 Å². The molecular weight excluding hydrogens is 336 g/mol. The van der Waals surface area contributed by atoms with Crippen molar-refractivity contribution >= 4 is 29.2 Å². The van der Waals surface area contributed by atoms with Crippen LogP contribution in [0.3, 0.4) is 0 Å². The molecule has 0 bridgehead atoms. The Bertz CT molecular complexity index is 654. The normalized spacial score (nSPS) is 20.5. The molecule has 0 N–H and O–H groups in total.